The molecule has 27 heavy (non-hydrogen) atoms. The Kier molecular flexibility index (Phi) is 4.30. The minimum Gasteiger partial charge on any atom is -0.371 e. The number of anilines is 3. The molecule has 4 rings (SSSR count). The Labute approximate surface area is 155 Å². The summed E-state index contributed by atoms with van der Waals surface area (Å²) in [5.74, 6) is 0.814. The molecular formula is C18H18N8O. The average Bonchev–Trinajstić information content (AvgIpc) is 3.08. The van der Waals surface area contributed by atoms with Gasteiger partial charge in [-0.05, 0) is 37.5 Å². The standard InChI is InChI=1S/C18H18N8O/c1-20-15-14-16(26(10-21-14)18(27)23-12-5-3-6-12)25-17(24-15)22-13-7-2-4-11(8-13)9-19/h2,4,7-8,10,12H,3,5-6H2,1H3,(H,23,27)(H2,20,22,24,25). The fourth-order valence-corrected chi connectivity index (χ4v) is 2.87. The highest BCUT2D eigenvalue weighted by atomic mass is 16.2. The summed E-state index contributed by atoms with van der Waals surface area (Å²) >= 11 is 0. The zero-order valence-electron chi connectivity index (χ0n) is 14.7. The van der Waals surface area contributed by atoms with Crippen LogP contribution in [0, 0.1) is 11.3 Å². The summed E-state index contributed by atoms with van der Waals surface area (Å²) < 4.78 is 1.40. The van der Waals surface area contributed by atoms with Gasteiger partial charge in [0.25, 0.3) is 0 Å². The summed E-state index contributed by atoms with van der Waals surface area (Å²) in [6.45, 7) is 0. The van der Waals surface area contributed by atoms with Gasteiger partial charge in [0.2, 0.25) is 5.95 Å². The zero-order chi connectivity index (χ0) is 18.8. The van der Waals surface area contributed by atoms with Crippen molar-refractivity contribution >= 4 is 34.6 Å². The Balaban J connectivity index is 1.69. The molecule has 3 N–H and O–H groups in total. The van der Waals surface area contributed by atoms with Gasteiger partial charge in [-0.1, -0.05) is 6.07 Å². The second-order valence-corrected chi connectivity index (χ2v) is 6.33. The van der Waals surface area contributed by atoms with E-state index >= 15 is 0 Å². The first-order valence-corrected chi connectivity index (χ1v) is 8.69. The highest BCUT2D eigenvalue weighted by Crippen LogP contribution is 2.23. The number of hydrogen-bond donors (Lipinski definition) is 3. The lowest BCUT2D eigenvalue weighted by Crippen LogP contribution is -2.41. The number of fused-ring (bicyclic) bond motifs is 1. The van der Waals surface area contributed by atoms with E-state index in [0.717, 1.165) is 19.3 Å². The molecule has 136 valence electrons. The maximum Gasteiger partial charge on any atom is 0.328 e. The number of nitriles is 1. The highest BCUT2D eigenvalue weighted by Gasteiger charge is 2.22. The van der Waals surface area contributed by atoms with Crippen molar-refractivity contribution in [3.05, 3.63) is 36.2 Å². The first-order chi connectivity index (χ1) is 13.2. The molecule has 9 heteroatoms. The van der Waals surface area contributed by atoms with E-state index in [-0.39, 0.29) is 12.1 Å². The number of hydrogen-bond acceptors (Lipinski definition) is 7. The number of carbonyl (C=O) groups excluding carboxylic acids is 1. The van der Waals surface area contributed by atoms with Crippen LogP contribution in [0.1, 0.15) is 24.8 Å². The summed E-state index contributed by atoms with van der Waals surface area (Å²) in [6.07, 6.45) is 4.58. The molecule has 0 saturated heterocycles. The van der Waals surface area contributed by atoms with Crippen LogP contribution >= 0.6 is 0 Å². The Hall–Kier alpha value is -3.67. The molecule has 1 amide bonds. The summed E-state index contributed by atoms with van der Waals surface area (Å²) in [6, 6.07) is 9.06. The molecular weight excluding hydrogens is 344 g/mol. The Bertz CT molecular complexity index is 1050. The van der Waals surface area contributed by atoms with Crippen LogP contribution in [0.4, 0.5) is 22.2 Å². The van der Waals surface area contributed by atoms with Gasteiger partial charge < -0.3 is 16.0 Å². The highest BCUT2D eigenvalue weighted by molar-refractivity contribution is 5.92. The zero-order valence-corrected chi connectivity index (χ0v) is 14.7. The normalized spacial score (nSPS) is 13.6. The number of rotatable bonds is 4. The second kappa shape index (κ2) is 6.92. The van der Waals surface area contributed by atoms with Gasteiger partial charge in [-0.2, -0.15) is 15.2 Å². The van der Waals surface area contributed by atoms with Gasteiger partial charge in [0.15, 0.2) is 17.0 Å². The molecule has 0 unspecified atom stereocenters. The lowest BCUT2D eigenvalue weighted by atomic mass is 9.93. The number of aromatic nitrogens is 4. The van der Waals surface area contributed by atoms with Gasteiger partial charge in [0.1, 0.15) is 6.33 Å². The Morgan fingerprint density at radius 3 is 2.89 bits per heavy atom. The maximum atomic E-state index is 12.6. The first-order valence-electron chi connectivity index (χ1n) is 8.69. The number of benzene rings is 1. The number of nitrogens with zero attached hydrogens (tertiary/aromatic N) is 5. The minimum atomic E-state index is -0.250. The minimum absolute atomic E-state index is 0.215. The number of carbonyl (C=O) groups is 1. The van der Waals surface area contributed by atoms with E-state index in [1.165, 1.54) is 10.9 Å². The summed E-state index contributed by atoms with van der Waals surface area (Å²) in [5.41, 5.74) is 2.13. The summed E-state index contributed by atoms with van der Waals surface area (Å²) in [5, 5.41) is 18.1. The molecule has 0 aliphatic heterocycles. The maximum absolute atomic E-state index is 12.6. The molecule has 1 aromatic carbocycles. The number of nitrogens with one attached hydrogen (secondary N) is 3. The molecule has 1 aliphatic carbocycles. The molecule has 0 spiro atoms. The van der Waals surface area contributed by atoms with Gasteiger partial charge in [-0.15, -0.1) is 0 Å². The van der Waals surface area contributed by atoms with Crippen LogP contribution in [0.25, 0.3) is 11.2 Å². The number of amides is 1. The van der Waals surface area contributed by atoms with Crippen molar-refractivity contribution in [1.29, 1.82) is 5.26 Å². The van der Waals surface area contributed by atoms with Crippen LogP contribution in [0.3, 0.4) is 0 Å². The van der Waals surface area contributed by atoms with E-state index < -0.39 is 0 Å². The van der Waals surface area contributed by atoms with Crippen molar-refractivity contribution in [2.75, 3.05) is 17.7 Å². The van der Waals surface area contributed by atoms with Crippen molar-refractivity contribution < 1.29 is 4.79 Å². The Morgan fingerprint density at radius 1 is 1.33 bits per heavy atom. The van der Waals surface area contributed by atoms with Crippen molar-refractivity contribution in [1.82, 2.24) is 24.8 Å². The van der Waals surface area contributed by atoms with Crippen molar-refractivity contribution in [3.63, 3.8) is 0 Å². The van der Waals surface area contributed by atoms with Gasteiger partial charge in [-0.25, -0.2) is 14.3 Å². The molecule has 1 aliphatic rings. The van der Waals surface area contributed by atoms with Crippen molar-refractivity contribution in [3.8, 4) is 6.07 Å². The lowest BCUT2D eigenvalue weighted by Gasteiger charge is -2.26. The third kappa shape index (κ3) is 3.25. The fourth-order valence-electron chi connectivity index (χ4n) is 2.87. The van der Waals surface area contributed by atoms with E-state index in [2.05, 4.69) is 37.0 Å². The monoisotopic (exact) mass is 362 g/mol. The van der Waals surface area contributed by atoms with E-state index in [1.54, 1.807) is 25.2 Å². The molecule has 1 saturated carbocycles. The predicted octanol–water partition coefficient (Wildman–Crippen LogP) is 2.59. The van der Waals surface area contributed by atoms with Crippen LogP contribution in [0.2, 0.25) is 0 Å². The van der Waals surface area contributed by atoms with Gasteiger partial charge in [0.05, 0.1) is 11.6 Å². The predicted molar refractivity (Wildman–Crippen MR) is 101 cm³/mol. The van der Waals surface area contributed by atoms with E-state index in [0.29, 0.717) is 34.2 Å². The van der Waals surface area contributed by atoms with Gasteiger partial charge in [-0.3, -0.25) is 0 Å². The summed E-state index contributed by atoms with van der Waals surface area (Å²) in [4.78, 5) is 25.7. The molecule has 0 atom stereocenters. The molecule has 9 nitrogen and oxygen atoms in total. The van der Waals surface area contributed by atoms with Crippen molar-refractivity contribution in [2.24, 2.45) is 0 Å². The van der Waals surface area contributed by atoms with E-state index in [9.17, 15) is 4.79 Å². The van der Waals surface area contributed by atoms with Crippen LogP contribution in [-0.4, -0.2) is 38.6 Å². The third-order valence-corrected chi connectivity index (χ3v) is 4.53. The van der Waals surface area contributed by atoms with Crippen LogP contribution in [-0.2, 0) is 0 Å². The quantitative estimate of drug-likeness (QED) is 0.652. The molecule has 1 fully saturated rings. The van der Waals surface area contributed by atoms with Gasteiger partial charge >= 0.3 is 6.03 Å². The average molecular weight is 362 g/mol. The molecule has 0 radical (unpaired) electrons. The SMILES string of the molecule is CNc1nc(Nc2cccc(C#N)c2)nc2c1ncn2C(=O)NC1CCC1. The largest absolute Gasteiger partial charge is 0.371 e. The smallest absolute Gasteiger partial charge is 0.328 e. The second-order valence-electron chi connectivity index (χ2n) is 6.33. The fraction of sp³-hybridized carbons (Fsp3) is 0.278. The molecule has 3 aromatic rings. The summed E-state index contributed by atoms with van der Waals surface area (Å²) in [7, 11) is 1.73. The third-order valence-electron chi connectivity index (χ3n) is 4.53. The lowest BCUT2D eigenvalue weighted by molar-refractivity contribution is 0.230. The van der Waals surface area contributed by atoms with E-state index in [4.69, 9.17) is 5.26 Å². The molecule has 0 bridgehead atoms. The first kappa shape index (κ1) is 16.8. The van der Waals surface area contributed by atoms with Crippen molar-refractivity contribution in [2.45, 2.75) is 25.3 Å². The Morgan fingerprint density at radius 2 is 2.19 bits per heavy atom. The molecule has 2 aromatic heterocycles. The van der Waals surface area contributed by atoms with Crippen LogP contribution in [0.5, 0.6) is 0 Å². The topological polar surface area (TPSA) is 121 Å². The van der Waals surface area contributed by atoms with E-state index in [1.807, 2.05) is 6.07 Å². The van der Waals surface area contributed by atoms with Crippen LogP contribution < -0.4 is 16.0 Å². The van der Waals surface area contributed by atoms with Gasteiger partial charge in [0, 0.05) is 18.8 Å². The van der Waals surface area contributed by atoms with Crippen LogP contribution in [0.15, 0.2) is 30.6 Å². The number of imidazole rings is 1. The molecule has 2 heterocycles.